The second-order valence-electron chi connectivity index (χ2n) is 1.41. The van der Waals surface area contributed by atoms with E-state index in [0.29, 0.717) is 0 Å². The molecule has 0 unspecified atom stereocenters. The number of phosphoric acid groups is 2. The van der Waals surface area contributed by atoms with Gasteiger partial charge in [0.2, 0.25) is 0 Å². The van der Waals surface area contributed by atoms with Crippen molar-refractivity contribution in [1.82, 2.24) is 0 Å². The van der Waals surface area contributed by atoms with Crippen LogP contribution in [0.3, 0.4) is 0 Å². The maximum absolute atomic E-state index is 10.0. The van der Waals surface area contributed by atoms with E-state index in [1.54, 1.807) is 0 Å². The van der Waals surface area contributed by atoms with E-state index in [4.69, 9.17) is 19.6 Å². The second-order valence-corrected chi connectivity index (χ2v) is 3.74. The van der Waals surface area contributed by atoms with Gasteiger partial charge in [-0.1, -0.05) is 0 Å². The Morgan fingerprint density at radius 3 is 1.29 bits per heavy atom. The maximum Gasteiger partial charge on any atom is 2.00 e. The molecule has 14 heavy (non-hydrogen) atoms. The SMILES string of the molecule is O=C(OP(=O)(O)O)OP(=O)(O)O.[H-].[H-].[H-].[H-].[Mg+2].[Mg+2]. The smallest absolute Gasteiger partial charge is 1.00 e. The van der Waals surface area contributed by atoms with Crippen molar-refractivity contribution >= 4 is 67.9 Å². The predicted molar refractivity (Wildman–Crippen MR) is 47.6 cm³/mol. The summed E-state index contributed by atoms with van der Waals surface area (Å²) in [6.07, 6.45) is -2.14. The van der Waals surface area contributed by atoms with Crippen LogP contribution in [-0.4, -0.2) is 71.8 Å². The van der Waals surface area contributed by atoms with Crippen LogP contribution in [0, 0.1) is 0 Å². The van der Waals surface area contributed by atoms with E-state index in [9.17, 15) is 13.9 Å². The minimum absolute atomic E-state index is 0. The third-order valence-electron chi connectivity index (χ3n) is 0.387. The fourth-order valence-electron chi connectivity index (χ4n) is 0.211. The number of phosphoric ester groups is 2. The Labute approximate surface area is 116 Å². The van der Waals surface area contributed by atoms with Crippen molar-refractivity contribution in [3.05, 3.63) is 0 Å². The van der Waals surface area contributed by atoms with Gasteiger partial charge in [-0.3, -0.25) is 19.6 Å². The van der Waals surface area contributed by atoms with Crippen molar-refractivity contribution in [1.29, 1.82) is 0 Å². The molecule has 4 N–H and O–H groups in total. The number of hydrogen-bond donors (Lipinski definition) is 4. The maximum atomic E-state index is 10.0. The van der Waals surface area contributed by atoms with Crippen molar-refractivity contribution in [2.45, 2.75) is 0 Å². The minimum atomic E-state index is -5.13. The summed E-state index contributed by atoms with van der Waals surface area (Å²) < 4.78 is 25.9. The van der Waals surface area contributed by atoms with Gasteiger partial charge in [-0.2, -0.15) is 0 Å². The zero-order chi connectivity index (χ0) is 9.99. The third-order valence-corrected chi connectivity index (χ3v) is 1.16. The van der Waals surface area contributed by atoms with Crippen molar-refractivity contribution in [3.8, 4) is 0 Å². The zero-order valence-electron chi connectivity index (χ0n) is 10.6. The monoisotopic (exact) mass is 274 g/mol. The van der Waals surface area contributed by atoms with Gasteiger partial charge in [0, 0.05) is 0 Å². The quantitative estimate of drug-likeness (QED) is 0.367. The van der Waals surface area contributed by atoms with Crippen LogP contribution in [0.25, 0.3) is 0 Å². The molecule has 9 nitrogen and oxygen atoms in total. The molecule has 0 aromatic heterocycles. The van der Waals surface area contributed by atoms with E-state index in [-0.39, 0.29) is 51.8 Å². The molecule has 0 radical (unpaired) electrons. The summed E-state index contributed by atoms with van der Waals surface area (Å²) in [5, 5.41) is 0. The van der Waals surface area contributed by atoms with Crippen LogP contribution in [0.5, 0.6) is 0 Å². The van der Waals surface area contributed by atoms with E-state index >= 15 is 0 Å². The van der Waals surface area contributed by atoms with Crippen molar-refractivity contribution in [2.24, 2.45) is 0 Å². The van der Waals surface area contributed by atoms with Crippen LogP contribution in [0.4, 0.5) is 4.79 Å². The number of hydrogen-bond acceptors (Lipinski definition) is 5. The topological polar surface area (TPSA) is 151 Å². The van der Waals surface area contributed by atoms with Crippen LogP contribution in [0.15, 0.2) is 0 Å². The Kier molecular flexibility index (Phi) is 10.8. The largest absolute Gasteiger partial charge is 2.00 e. The van der Waals surface area contributed by atoms with Crippen LogP contribution in [0.1, 0.15) is 5.71 Å². The van der Waals surface area contributed by atoms with E-state index in [0.717, 1.165) is 0 Å². The fourth-order valence-corrected chi connectivity index (χ4v) is 0.733. The van der Waals surface area contributed by atoms with Crippen LogP contribution >= 0.6 is 15.6 Å². The van der Waals surface area contributed by atoms with Crippen LogP contribution < -0.4 is 0 Å². The Morgan fingerprint density at radius 1 is 0.929 bits per heavy atom. The number of rotatable bonds is 2. The van der Waals surface area contributed by atoms with Gasteiger partial charge in [0.15, 0.2) is 0 Å². The van der Waals surface area contributed by atoms with Gasteiger partial charge in [-0.15, -0.1) is 0 Å². The molecule has 13 heteroatoms. The Hall–Kier alpha value is 1.10. The molecule has 0 aliphatic rings. The third kappa shape index (κ3) is 15.6. The molecule has 0 amide bonds. The molecule has 0 heterocycles. The summed E-state index contributed by atoms with van der Waals surface area (Å²) in [4.78, 5) is 41.7. The molecule has 0 aliphatic carbocycles. The van der Waals surface area contributed by atoms with Crippen molar-refractivity contribution in [2.75, 3.05) is 0 Å². The molecule has 0 saturated carbocycles. The Balaban J connectivity index is -0.0000000403. The molecule has 80 valence electrons. The summed E-state index contributed by atoms with van der Waals surface area (Å²) in [6.45, 7) is 0. The van der Waals surface area contributed by atoms with Gasteiger partial charge >= 0.3 is 67.9 Å². The molecule has 0 saturated heterocycles. The first-order valence-corrected chi connectivity index (χ1v) is 5.20. The molecule has 0 bridgehead atoms. The number of carbonyl (C=O) groups is 1. The molecular formula is CH8Mg2O9P2. The summed E-state index contributed by atoms with van der Waals surface area (Å²) in [7, 11) is -10.3. The van der Waals surface area contributed by atoms with Gasteiger partial charge in [0.1, 0.15) is 0 Å². The Bertz CT molecular complexity index is 250. The van der Waals surface area contributed by atoms with Crippen molar-refractivity contribution < 1.29 is 48.3 Å². The van der Waals surface area contributed by atoms with Gasteiger partial charge in [0.05, 0.1) is 0 Å². The summed E-state index contributed by atoms with van der Waals surface area (Å²) in [5.74, 6) is 0. The molecular weight excluding hydrogens is 267 g/mol. The molecule has 0 aromatic rings. The van der Waals surface area contributed by atoms with Crippen molar-refractivity contribution in [3.63, 3.8) is 0 Å². The van der Waals surface area contributed by atoms with Crippen LogP contribution in [-0.2, 0) is 18.2 Å². The predicted octanol–water partition coefficient (Wildman–Crippen LogP) is -0.987. The molecule has 0 rings (SSSR count). The fraction of sp³-hybridized carbons (Fsp3) is 0. The molecule has 0 aliphatic heterocycles. The van der Waals surface area contributed by atoms with Crippen LogP contribution in [0.2, 0.25) is 0 Å². The van der Waals surface area contributed by atoms with E-state index in [1.165, 1.54) is 0 Å². The summed E-state index contributed by atoms with van der Waals surface area (Å²) in [5.41, 5.74) is 0. The van der Waals surface area contributed by atoms with Gasteiger partial charge in [-0.25, -0.2) is 13.9 Å². The first kappa shape index (κ1) is 20.5. The van der Waals surface area contributed by atoms with E-state index in [1.807, 2.05) is 0 Å². The first-order chi connectivity index (χ1) is 5.10. The van der Waals surface area contributed by atoms with Gasteiger partial charge < -0.3 is 14.8 Å². The summed E-state index contributed by atoms with van der Waals surface area (Å²) in [6, 6.07) is 0. The molecule has 0 atom stereocenters. The average molecular weight is 275 g/mol. The molecule has 0 fully saturated rings. The second kappa shape index (κ2) is 7.39. The van der Waals surface area contributed by atoms with E-state index < -0.39 is 21.8 Å². The van der Waals surface area contributed by atoms with E-state index in [2.05, 4.69) is 9.05 Å². The summed E-state index contributed by atoms with van der Waals surface area (Å²) >= 11 is 0. The number of carbonyl (C=O) groups excluding carboxylic acids is 1. The first-order valence-electron chi connectivity index (χ1n) is 2.14. The molecule has 0 spiro atoms. The average Bonchev–Trinajstić information content (AvgIpc) is 1.49. The van der Waals surface area contributed by atoms with Gasteiger partial charge in [-0.05, 0) is 0 Å². The minimum Gasteiger partial charge on any atom is -1.00 e. The Morgan fingerprint density at radius 2 is 1.14 bits per heavy atom. The standard InChI is InChI=1S/CH4O9P2.2Mg.4H/c2-1(9-11(3,4)5)10-12(6,7)8;;;;;;/h(H2,3,4,5)(H2,6,7,8);;;;;;/q;2*+2;4*-1. The zero-order valence-corrected chi connectivity index (χ0v) is 11.3. The van der Waals surface area contributed by atoms with Gasteiger partial charge in [0.25, 0.3) is 0 Å². The molecule has 0 aromatic carbocycles. The normalized spacial score (nSPS) is 10.6.